The number of halogens is 2. The van der Waals surface area contributed by atoms with Crippen LogP contribution < -0.4 is 0 Å². The Labute approximate surface area is 97.2 Å². The molecule has 1 aromatic heterocycles. The van der Waals surface area contributed by atoms with Crippen LogP contribution >= 0.6 is 27.5 Å². The molecular formula is C9H13BrClN3. The van der Waals surface area contributed by atoms with Gasteiger partial charge in [0.1, 0.15) is 0 Å². The van der Waals surface area contributed by atoms with Crippen molar-refractivity contribution in [2.75, 3.05) is 14.1 Å². The average molecular weight is 279 g/mol. The quantitative estimate of drug-likeness (QED) is 0.785. The van der Waals surface area contributed by atoms with E-state index in [1.165, 1.54) is 0 Å². The van der Waals surface area contributed by atoms with E-state index >= 15 is 0 Å². The molecule has 0 saturated heterocycles. The summed E-state index contributed by atoms with van der Waals surface area (Å²) in [5, 5.41) is 0.642. The molecule has 0 radical (unpaired) electrons. The normalized spacial score (nSPS) is 21.4. The molecule has 1 aromatic rings. The van der Waals surface area contributed by atoms with Crippen LogP contribution in [-0.4, -0.2) is 34.6 Å². The topological polar surface area (TPSA) is 21.1 Å². The van der Waals surface area contributed by atoms with Gasteiger partial charge in [0.15, 0.2) is 9.89 Å². The van der Waals surface area contributed by atoms with Gasteiger partial charge in [0.2, 0.25) is 0 Å². The van der Waals surface area contributed by atoms with Gasteiger partial charge in [0.05, 0.1) is 5.69 Å². The highest BCUT2D eigenvalue weighted by Crippen LogP contribution is 2.28. The van der Waals surface area contributed by atoms with Crippen molar-refractivity contribution in [3.05, 3.63) is 15.6 Å². The van der Waals surface area contributed by atoms with Crippen molar-refractivity contribution in [2.24, 2.45) is 0 Å². The van der Waals surface area contributed by atoms with Crippen LogP contribution in [0.3, 0.4) is 0 Å². The smallest absolute Gasteiger partial charge is 0.178 e. The van der Waals surface area contributed by atoms with E-state index < -0.39 is 0 Å². The van der Waals surface area contributed by atoms with E-state index in [0.717, 1.165) is 29.8 Å². The summed E-state index contributed by atoms with van der Waals surface area (Å²) in [4.78, 5) is 6.46. The lowest BCUT2D eigenvalue weighted by Gasteiger charge is -2.29. The van der Waals surface area contributed by atoms with Crippen molar-refractivity contribution >= 4 is 27.5 Å². The van der Waals surface area contributed by atoms with Crippen molar-refractivity contribution in [1.82, 2.24) is 14.5 Å². The minimum Gasteiger partial charge on any atom is -0.321 e. The Morgan fingerprint density at radius 2 is 2.29 bits per heavy atom. The number of fused-ring (bicyclic) bond motifs is 1. The second-order valence-corrected chi connectivity index (χ2v) is 4.95. The second kappa shape index (κ2) is 3.83. The molecule has 2 rings (SSSR count). The first kappa shape index (κ1) is 10.5. The molecule has 5 heteroatoms. The molecule has 1 atom stereocenters. The van der Waals surface area contributed by atoms with E-state index in [9.17, 15) is 0 Å². The minimum atomic E-state index is 0.587. The van der Waals surface area contributed by atoms with Crippen molar-refractivity contribution in [2.45, 2.75) is 25.4 Å². The zero-order chi connectivity index (χ0) is 10.3. The molecule has 0 bridgehead atoms. The lowest BCUT2D eigenvalue weighted by Crippen LogP contribution is -2.35. The van der Waals surface area contributed by atoms with E-state index in [-0.39, 0.29) is 0 Å². The lowest BCUT2D eigenvalue weighted by molar-refractivity contribution is 0.244. The van der Waals surface area contributed by atoms with E-state index in [2.05, 4.69) is 44.5 Å². The predicted octanol–water partition coefficient (Wildman–Crippen LogP) is 2.18. The summed E-state index contributed by atoms with van der Waals surface area (Å²) in [5.74, 6) is 0. The fraction of sp³-hybridized carbons (Fsp3) is 0.667. The predicted molar refractivity (Wildman–Crippen MR) is 60.7 cm³/mol. The third-order valence-electron chi connectivity index (χ3n) is 2.82. The maximum absolute atomic E-state index is 6.05. The molecule has 78 valence electrons. The molecule has 0 aromatic carbocycles. The summed E-state index contributed by atoms with van der Waals surface area (Å²) < 4.78 is 3.01. The number of imidazole rings is 1. The number of hydrogen-bond acceptors (Lipinski definition) is 2. The van der Waals surface area contributed by atoms with E-state index in [1.807, 2.05) is 0 Å². The molecule has 0 spiro atoms. The number of nitrogens with zero attached hydrogens (tertiary/aromatic N) is 3. The second-order valence-electron chi connectivity index (χ2n) is 3.88. The zero-order valence-electron chi connectivity index (χ0n) is 8.30. The summed E-state index contributed by atoms with van der Waals surface area (Å²) in [7, 11) is 4.22. The number of rotatable bonds is 1. The van der Waals surface area contributed by atoms with Crippen molar-refractivity contribution in [1.29, 1.82) is 0 Å². The summed E-state index contributed by atoms with van der Waals surface area (Å²) in [6, 6.07) is 0.587. The van der Waals surface area contributed by atoms with Crippen LogP contribution in [0.25, 0.3) is 0 Å². The summed E-state index contributed by atoms with van der Waals surface area (Å²) in [6.45, 7) is 0.998. The highest BCUT2D eigenvalue weighted by Gasteiger charge is 2.24. The first-order chi connectivity index (χ1) is 6.59. The summed E-state index contributed by atoms with van der Waals surface area (Å²) in [6.07, 6.45) is 2.15. The molecule has 0 fully saturated rings. The molecule has 3 nitrogen and oxygen atoms in total. The van der Waals surface area contributed by atoms with Gasteiger partial charge in [-0.25, -0.2) is 4.98 Å². The Kier molecular flexibility index (Phi) is 2.86. The van der Waals surface area contributed by atoms with Crippen molar-refractivity contribution < 1.29 is 0 Å². The molecule has 14 heavy (non-hydrogen) atoms. The number of hydrogen-bond donors (Lipinski definition) is 0. The Bertz CT molecular complexity index is 348. The maximum atomic E-state index is 6.05. The highest BCUT2D eigenvalue weighted by atomic mass is 79.9. The number of aromatic nitrogens is 2. The molecule has 0 saturated carbocycles. The molecule has 0 N–H and O–H groups in total. The summed E-state index contributed by atoms with van der Waals surface area (Å²) >= 11 is 9.47. The molecule has 2 heterocycles. The van der Waals surface area contributed by atoms with Gasteiger partial charge in [-0.1, -0.05) is 11.6 Å². The van der Waals surface area contributed by atoms with Crippen LogP contribution in [-0.2, 0) is 13.0 Å². The third kappa shape index (κ3) is 1.71. The van der Waals surface area contributed by atoms with E-state index in [1.54, 1.807) is 0 Å². The monoisotopic (exact) mass is 277 g/mol. The van der Waals surface area contributed by atoms with Crippen LogP contribution in [0, 0.1) is 0 Å². The van der Waals surface area contributed by atoms with Gasteiger partial charge in [-0.2, -0.15) is 0 Å². The third-order valence-corrected chi connectivity index (χ3v) is 3.73. The highest BCUT2D eigenvalue weighted by molar-refractivity contribution is 9.10. The SMILES string of the molecule is CN(C)C1CCn2c(Br)nc(Cl)c2C1. The molecule has 0 amide bonds. The maximum Gasteiger partial charge on any atom is 0.178 e. The van der Waals surface area contributed by atoms with Crippen LogP contribution in [0.15, 0.2) is 4.73 Å². The molecule has 1 unspecified atom stereocenters. The fourth-order valence-electron chi connectivity index (χ4n) is 1.89. The van der Waals surface area contributed by atoms with Crippen molar-refractivity contribution in [3.63, 3.8) is 0 Å². The van der Waals surface area contributed by atoms with Gasteiger partial charge >= 0.3 is 0 Å². The first-order valence-electron chi connectivity index (χ1n) is 4.66. The standard InChI is InChI=1S/C9H13BrClN3/c1-13(2)6-3-4-14-7(5-6)8(11)12-9(14)10/h6H,3-5H2,1-2H3. The van der Waals surface area contributed by atoms with Gasteiger partial charge in [0.25, 0.3) is 0 Å². The van der Waals surface area contributed by atoms with Gasteiger partial charge in [0, 0.05) is 19.0 Å². The van der Waals surface area contributed by atoms with Crippen LogP contribution in [0.5, 0.6) is 0 Å². The molecule has 1 aliphatic heterocycles. The van der Waals surface area contributed by atoms with Crippen molar-refractivity contribution in [3.8, 4) is 0 Å². The lowest BCUT2D eigenvalue weighted by atomic mass is 10.0. The Balaban J connectivity index is 2.30. The Morgan fingerprint density at radius 3 is 2.93 bits per heavy atom. The van der Waals surface area contributed by atoms with E-state index in [4.69, 9.17) is 11.6 Å². The molecule has 1 aliphatic rings. The molecular weight excluding hydrogens is 265 g/mol. The van der Waals surface area contributed by atoms with Gasteiger partial charge < -0.3 is 9.47 Å². The average Bonchev–Trinajstić information content (AvgIpc) is 2.42. The number of likely N-dealkylation sites (N-methyl/N-ethyl adjacent to an activating group) is 1. The van der Waals surface area contributed by atoms with E-state index in [0.29, 0.717) is 11.2 Å². The van der Waals surface area contributed by atoms with Gasteiger partial charge in [-0.3, -0.25) is 0 Å². The Hall–Kier alpha value is -0.0600. The van der Waals surface area contributed by atoms with Crippen LogP contribution in [0.2, 0.25) is 5.15 Å². The van der Waals surface area contributed by atoms with Crippen LogP contribution in [0.1, 0.15) is 12.1 Å². The zero-order valence-corrected chi connectivity index (χ0v) is 10.6. The van der Waals surface area contributed by atoms with Gasteiger partial charge in [-0.05, 0) is 36.4 Å². The van der Waals surface area contributed by atoms with Crippen LogP contribution in [0.4, 0.5) is 0 Å². The van der Waals surface area contributed by atoms with Gasteiger partial charge in [-0.15, -0.1) is 0 Å². The summed E-state index contributed by atoms with van der Waals surface area (Å²) in [5.41, 5.74) is 1.16. The fourth-order valence-corrected chi connectivity index (χ4v) is 2.82. The Morgan fingerprint density at radius 1 is 1.57 bits per heavy atom. The molecule has 0 aliphatic carbocycles. The minimum absolute atomic E-state index is 0.587. The largest absolute Gasteiger partial charge is 0.321 e. The first-order valence-corrected chi connectivity index (χ1v) is 5.83.